The summed E-state index contributed by atoms with van der Waals surface area (Å²) < 4.78 is 43.6. The van der Waals surface area contributed by atoms with Gasteiger partial charge in [-0.15, -0.1) is 0 Å². The first kappa shape index (κ1) is 19.2. The quantitative estimate of drug-likeness (QED) is 0.446. The van der Waals surface area contributed by atoms with Gasteiger partial charge in [0.15, 0.2) is 0 Å². The van der Waals surface area contributed by atoms with Crippen molar-refractivity contribution in [3.05, 3.63) is 35.4 Å². The number of benzene rings is 1. The Morgan fingerprint density at radius 1 is 0.818 bits per heavy atom. The second kappa shape index (κ2) is 10.0. The van der Waals surface area contributed by atoms with E-state index in [1.807, 2.05) is 20.8 Å². The Balaban J connectivity index is 2.50. The van der Waals surface area contributed by atoms with Crippen LogP contribution < -0.4 is 0 Å². The average molecular weight is 332 g/mol. The first-order valence-corrected chi connectivity index (χ1v) is 9.85. The molecule has 0 N–H and O–H groups in total. The van der Waals surface area contributed by atoms with Crippen molar-refractivity contribution in [3.8, 4) is 0 Å². The molecular formula is C16H26F2O3Si. The van der Waals surface area contributed by atoms with Gasteiger partial charge in [0.05, 0.1) is 0 Å². The van der Waals surface area contributed by atoms with E-state index in [-0.39, 0.29) is 0 Å². The van der Waals surface area contributed by atoms with E-state index in [9.17, 15) is 8.78 Å². The summed E-state index contributed by atoms with van der Waals surface area (Å²) in [6.45, 7) is 7.45. The molecule has 1 aromatic rings. The third kappa shape index (κ3) is 6.52. The highest BCUT2D eigenvalue weighted by atomic mass is 28.4. The highest BCUT2D eigenvalue weighted by Crippen LogP contribution is 2.20. The molecule has 0 spiro atoms. The van der Waals surface area contributed by atoms with Crippen LogP contribution in [0.1, 0.15) is 39.2 Å². The number of unbranched alkanes of at least 4 members (excludes halogenated alkanes) is 1. The van der Waals surface area contributed by atoms with Crippen molar-refractivity contribution in [2.24, 2.45) is 0 Å². The molecule has 0 heterocycles. The molecule has 1 aromatic carbocycles. The van der Waals surface area contributed by atoms with Gasteiger partial charge in [-0.3, -0.25) is 0 Å². The van der Waals surface area contributed by atoms with Crippen LogP contribution >= 0.6 is 0 Å². The Kier molecular flexibility index (Phi) is 8.78. The Morgan fingerprint density at radius 2 is 1.32 bits per heavy atom. The average Bonchev–Trinajstić information content (AvgIpc) is 2.43. The molecule has 0 fully saturated rings. The molecule has 0 aromatic heterocycles. The van der Waals surface area contributed by atoms with Gasteiger partial charge in [0, 0.05) is 31.9 Å². The standard InChI is InChI=1S/C16H26F2O3Si/c1-4-19-22(20-5-2,21-6-3)10-8-7-9-14-11-15(17)13-16(18)12-14/h11-13H,4-10H2,1-3H3. The lowest BCUT2D eigenvalue weighted by Crippen LogP contribution is -2.45. The van der Waals surface area contributed by atoms with Gasteiger partial charge < -0.3 is 13.3 Å². The maximum absolute atomic E-state index is 13.1. The van der Waals surface area contributed by atoms with E-state index >= 15 is 0 Å². The Bertz CT molecular complexity index is 406. The number of hydrogen-bond donors (Lipinski definition) is 0. The molecule has 6 heteroatoms. The van der Waals surface area contributed by atoms with Gasteiger partial charge in [-0.1, -0.05) is 0 Å². The van der Waals surface area contributed by atoms with E-state index in [1.165, 1.54) is 12.1 Å². The zero-order chi connectivity index (χ0) is 16.4. The minimum atomic E-state index is -2.60. The molecule has 126 valence electrons. The summed E-state index contributed by atoms with van der Waals surface area (Å²) in [7, 11) is -2.60. The largest absolute Gasteiger partial charge is 0.500 e. The normalized spacial score (nSPS) is 11.9. The molecule has 0 bridgehead atoms. The molecule has 0 amide bonds. The molecule has 3 nitrogen and oxygen atoms in total. The summed E-state index contributed by atoms with van der Waals surface area (Å²) in [5.74, 6) is -1.06. The summed E-state index contributed by atoms with van der Waals surface area (Å²) in [6.07, 6.45) is 2.28. The van der Waals surface area contributed by atoms with Crippen molar-refractivity contribution >= 4 is 8.80 Å². The lowest BCUT2D eigenvalue weighted by Gasteiger charge is -2.28. The first-order chi connectivity index (χ1) is 10.5. The summed E-state index contributed by atoms with van der Waals surface area (Å²) in [5.41, 5.74) is 0.675. The van der Waals surface area contributed by atoms with Gasteiger partial charge >= 0.3 is 8.80 Å². The molecule has 0 saturated carbocycles. The van der Waals surface area contributed by atoms with Crippen LogP contribution in [0.15, 0.2) is 18.2 Å². The van der Waals surface area contributed by atoms with Crippen LogP contribution in [0.5, 0.6) is 0 Å². The number of hydrogen-bond acceptors (Lipinski definition) is 3. The highest BCUT2D eigenvalue weighted by Gasteiger charge is 2.39. The Morgan fingerprint density at radius 3 is 1.77 bits per heavy atom. The molecule has 1 rings (SSSR count). The number of rotatable bonds is 11. The third-order valence-corrected chi connectivity index (χ3v) is 6.36. The summed E-state index contributed by atoms with van der Waals surface area (Å²) >= 11 is 0. The zero-order valence-electron chi connectivity index (χ0n) is 13.7. The predicted octanol–water partition coefficient (Wildman–Crippen LogP) is 4.34. The van der Waals surface area contributed by atoms with Gasteiger partial charge in [0.25, 0.3) is 0 Å². The van der Waals surface area contributed by atoms with Gasteiger partial charge in [-0.25, -0.2) is 8.78 Å². The molecule has 0 aliphatic rings. The van der Waals surface area contributed by atoms with Crippen LogP contribution in [0, 0.1) is 11.6 Å². The van der Waals surface area contributed by atoms with Crippen LogP contribution in [0.25, 0.3) is 0 Å². The molecule has 0 atom stereocenters. The van der Waals surface area contributed by atoms with Crippen molar-refractivity contribution < 1.29 is 22.1 Å². The van der Waals surface area contributed by atoms with E-state index in [1.54, 1.807) is 0 Å². The second-order valence-corrected chi connectivity index (χ2v) is 7.70. The van der Waals surface area contributed by atoms with Gasteiger partial charge in [-0.2, -0.15) is 0 Å². The lowest BCUT2D eigenvalue weighted by molar-refractivity contribution is 0.0707. The van der Waals surface area contributed by atoms with Gasteiger partial charge in [0.2, 0.25) is 0 Å². The number of aryl methyl sites for hydroxylation is 1. The van der Waals surface area contributed by atoms with E-state index in [0.29, 0.717) is 31.8 Å². The monoisotopic (exact) mass is 332 g/mol. The zero-order valence-corrected chi connectivity index (χ0v) is 14.7. The van der Waals surface area contributed by atoms with Crippen LogP contribution in [-0.2, 0) is 19.7 Å². The minimum Gasteiger partial charge on any atom is -0.374 e. The highest BCUT2D eigenvalue weighted by molar-refractivity contribution is 6.60. The summed E-state index contributed by atoms with van der Waals surface area (Å²) in [4.78, 5) is 0. The van der Waals surface area contributed by atoms with Crippen molar-refractivity contribution in [2.75, 3.05) is 19.8 Å². The summed E-state index contributed by atoms with van der Waals surface area (Å²) in [5, 5.41) is 0. The summed E-state index contributed by atoms with van der Waals surface area (Å²) in [6, 6.07) is 4.36. The van der Waals surface area contributed by atoms with E-state index in [0.717, 1.165) is 25.0 Å². The maximum Gasteiger partial charge on any atom is 0.500 e. The van der Waals surface area contributed by atoms with Crippen molar-refractivity contribution in [3.63, 3.8) is 0 Å². The van der Waals surface area contributed by atoms with E-state index in [4.69, 9.17) is 13.3 Å². The van der Waals surface area contributed by atoms with Gasteiger partial charge in [0.1, 0.15) is 11.6 Å². The fourth-order valence-electron chi connectivity index (χ4n) is 2.43. The van der Waals surface area contributed by atoms with Crippen LogP contribution in [0.4, 0.5) is 8.78 Å². The molecular weight excluding hydrogens is 306 g/mol. The third-order valence-electron chi connectivity index (χ3n) is 3.21. The van der Waals surface area contributed by atoms with Crippen molar-refractivity contribution in [1.29, 1.82) is 0 Å². The minimum absolute atomic E-state index is 0.531. The SMILES string of the molecule is CCO[Si](CCCCc1cc(F)cc(F)c1)(OCC)OCC. The van der Waals surface area contributed by atoms with Crippen LogP contribution in [0.3, 0.4) is 0 Å². The topological polar surface area (TPSA) is 27.7 Å². The van der Waals surface area contributed by atoms with Gasteiger partial charge in [-0.05, 0) is 57.7 Å². The van der Waals surface area contributed by atoms with Crippen molar-refractivity contribution in [1.82, 2.24) is 0 Å². The Hall–Kier alpha value is -0.823. The first-order valence-electron chi connectivity index (χ1n) is 7.92. The molecule has 0 unspecified atom stereocenters. The van der Waals surface area contributed by atoms with Crippen molar-refractivity contribution in [2.45, 2.75) is 46.1 Å². The number of halogens is 2. The maximum atomic E-state index is 13.1. The molecule has 0 aliphatic carbocycles. The smallest absolute Gasteiger partial charge is 0.374 e. The lowest BCUT2D eigenvalue weighted by atomic mass is 10.1. The molecule has 0 aliphatic heterocycles. The van der Waals surface area contributed by atoms with E-state index in [2.05, 4.69) is 0 Å². The van der Waals surface area contributed by atoms with Crippen LogP contribution in [0.2, 0.25) is 6.04 Å². The molecule has 0 saturated heterocycles. The Labute approximate surface area is 133 Å². The fourth-order valence-corrected chi connectivity index (χ4v) is 5.11. The fraction of sp³-hybridized carbons (Fsp3) is 0.625. The second-order valence-electron chi connectivity index (χ2n) is 4.97. The predicted molar refractivity (Wildman–Crippen MR) is 84.7 cm³/mol. The molecule has 22 heavy (non-hydrogen) atoms. The van der Waals surface area contributed by atoms with Crippen LogP contribution in [-0.4, -0.2) is 28.6 Å². The molecule has 0 radical (unpaired) electrons. The van der Waals surface area contributed by atoms with E-state index < -0.39 is 20.4 Å².